The van der Waals surface area contributed by atoms with Gasteiger partial charge in [-0.2, -0.15) is 4.98 Å². The number of aromatic nitrogens is 3. The first-order chi connectivity index (χ1) is 17.2. The third-order valence-corrected chi connectivity index (χ3v) is 8.93. The molecule has 0 amide bonds. The molecule has 37 heavy (non-hydrogen) atoms. The van der Waals surface area contributed by atoms with Gasteiger partial charge in [0.15, 0.2) is 5.90 Å². The topological polar surface area (TPSA) is 176 Å². The Balaban J connectivity index is 1.81. The summed E-state index contributed by atoms with van der Waals surface area (Å²) in [5, 5.41) is 13.8. The zero-order chi connectivity index (χ0) is 27.5. The van der Waals surface area contributed by atoms with E-state index < -0.39 is 52.0 Å². The molecule has 0 bridgehead atoms. The summed E-state index contributed by atoms with van der Waals surface area (Å²) in [6.07, 6.45) is -4.40. The van der Waals surface area contributed by atoms with E-state index in [0.29, 0.717) is 5.39 Å². The Morgan fingerprint density at radius 1 is 1.16 bits per heavy atom. The van der Waals surface area contributed by atoms with Crippen molar-refractivity contribution in [2.45, 2.75) is 31.5 Å². The van der Waals surface area contributed by atoms with Gasteiger partial charge >= 0.3 is 15.2 Å². The van der Waals surface area contributed by atoms with Crippen molar-refractivity contribution in [2.75, 3.05) is 24.9 Å². The van der Waals surface area contributed by atoms with E-state index in [1.807, 2.05) is 0 Å². The summed E-state index contributed by atoms with van der Waals surface area (Å²) in [4.78, 5) is 35.6. The lowest BCUT2D eigenvalue weighted by molar-refractivity contribution is -0.0861. The lowest BCUT2D eigenvalue weighted by Gasteiger charge is -2.26. The standard InChI is InChI=1S/C20H25ClF2N4O8P2/c1-11(12-3-5-13(22)6-4-12)24-18-14-7-8-27(19(14)26-20(21)25-18)17(23)16(28)15(34-2)9-35-37(32,33)10-36(29,30)31/h3-8,11,15-17,28H,9-10H2,1-2H3,(H,32,33)(H,24,25,26)(H2,29,30,31)/t11-,15+,16+,17+/m0/s1. The molecule has 3 rings (SSSR count). The normalized spacial score (nSPS) is 17.2. The van der Waals surface area contributed by atoms with Gasteiger partial charge in [0.2, 0.25) is 11.6 Å². The molecule has 0 aliphatic rings. The summed E-state index contributed by atoms with van der Waals surface area (Å²) in [6, 6.07) is 6.92. The van der Waals surface area contributed by atoms with Crippen LogP contribution in [0.3, 0.4) is 0 Å². The molecule has 1 unspecified atom stereocenters. The summed E-state index contributed by atoms with van der Waals surface area (Å²) in [5.74, 6) is -1.59. The third-order valence-electron chi connectivity index (χ3n) is 5.30. The number of nitrogens with zero attached hydrogens (tertiary/aromatic N) is 3. The summed E-state index contributed by atoms with van der Waals surface area (Å²) in [6.45, 7) is 0.950. The molecular weight excluding hydrogens is 560 g/mol. The van der Waals surface area contributed by atoms with Gasteiger partial charge in [0.25, 0.3) is 0 Å². The van der Waals surface area contributed by atoms with Crippen LogP contribution < -0.4 is 5.32 Å². The van der Waals surface area contributed by atoms with E-state index in [4.69, 9.17) is 26.1 Å². The second-order valence-electron chi connectivity index (χ2n) is 8.10. The molecule has 0 saturated carbocycles. The maximum absolute atomic E-state index is 15.4. The molecule has 2 heterocycles. The minimum Gasteiger partial charge on any atom is -0.385 e. The van der Waals surface area contributed by atoms with E-state index in [9.17, 15) is 23.5 Å². The number of benzene rings is 1. The second kappa shape index (κ2) is 11.8. The second-order valence-corrected chi connectivity index (χ2v) is 12.4. The number of nitrogens with one attached hydrogen (secondary N) is 1. The Hall–Kier alpha value is -1.99. The number of halogens is 3. The fourth-order valence-corrected chi connectivity index (χ4v) is 6.20. The fourth-order valence-electron chi connectivity index (χ4n) is 3.47. The van der Waals surface area contributed by atoms with E-state index in [2.05, 4.69) is 19.8 Å². The van der Waals surface area contributed by atoms with Crippen molar-refractivity contribution in [1.29, 1.82) is 0 Å². The van der Waals surface area contributed by atoms with E-state index in [1.54, 1.807) is 19.1 Å². The fraction of sp³-hybridized carbons (Fsp3) is 0.400. The number of rotatable bonds is 12. The van der Waals surface area contributed by atoms with Crippen LogP contribution in [0.5, 0.6) is 0 Å². The zero-order valence-corrected chi connectivity index (χ0v) is 22.0. The van der Waals surface area contributed by atoms with Crippen molar-refractivity contribution in [3.05, 3.63) is 53.2 Å². The first-order valence-corrected chi connectivity index (χ1v) is 14.6. The molecule has 12 nitrogen and oxygen atoms in total. The van der Waals surface area contributed by atoms with Gasteiger partial charge in [0, 0.05) is 19.3 Å². The molecule has 1 aromatic carbocycles. The van der Waals surface area contributed by atoms with E-state index >= 15 is 4.39 Å². The molecule has 0 spiro atoms. The van der Waals surface area contributed by atoms with Crippen LogP contribution in [0, 0.1) is 5.82 Å². The van der Waals surface area contributed by atoms with Gasteiger partial charge in [-0.15, -0.1) is 0 Å². The van der Waals surface area contributed by atoms with Crippen LogP contribution >= 0.6 is 26.8 Å². The third kappa shape index (κ3) is 7.76. The summed E-state index contributed by atoms with van der Waals surface area (Å²) < 4.78 is 62.1. The molecule has 2 aromatic heterocycles. The van der Waals surface area contributed by atoms with Crippen molar-refractivity contribution in [3.8, 4) is 0 Å². The van der Waals surface area contributed by atoms with Crippen molar-refractivity contribution in [1.82, 2.24) is 14.5 Å². The van der Waals surface area contributed by atoms with Gasteiger partial charge in [-0.25, -0.2) is 13.8 Å². The Kier molecular flexibility index (Phi) is 9.44. The molecule has 0 fully saturated rings. The minimum absolute atomic E-state index is 0.00505. The zero-order valence-electron chi connectivity index (χ0n) is 19.5. The predicted octanol–water partition coefficient (Wildman–Crippen LogP) is 3.58. The highest BCUT2D eigenvalue weighted by molar-refractivity contribution is 7.70. The Labute approximate surface area is 214 Å². The number of alkyl halides is 1. The average molecular weight is 585 g/mol. The average Bonchev–Trinajstić information content (AvgIpc) is 3.21. The van der Waals surface area contributed by atoms with Crippen LogP contribution in [0.25, 0.3) is 11.0 Å². The molecule has 0 aliphatic heterocycles. The molecule has 3 aromatic rings. The van der Waals surface area contributed by atoms with Crippen LogP contribution in [0.4, 0.5) is 14.6 Å². The summed E-state index contributed by atoms with van der Waals surface area (Å²) in [7, 11) is -8.55. The maximum Gasteiger partial charge on any atom is 0.340 e. The van der Waals surface area contributed by atoms with Crippen molar-refractivity contribution in [3.63, 3.8) is 0 Å². The number of hydrogen-bond acceptors (Lipinski definition) is 8. The monoisotopic (exact) mass is 584 g/mol. The largest absolute Gasteiger partial charge is 0.385 e. The molecular formula is C20H25ClF2N4O8P2. The van der Waals surface area contributed by atoms with Crippen LogP contribution in [0.2, 0.25) is 5.28 Å². The molecule has 0 saturated heterocycles. The van der Waals surface area contributed by atoms with E-state index in [0.717, 1.165) is 17.2 Å². The summed E-state index contributed by atoms with van der Waals surface area (Å²) >= 11 is 6.05. The van der Waals surface area contributed by atoms with Gasteiger partial charge in [0.05, 0.1) is 12.0 Å². The summed E-state index contributed by atoms with van der Waals surface area (Å²) in [5.41, 5.74) is 0.746. The minimum atomic E-state index is -4.88. The van der Waals surface area contributed by atoms with Crippen LogP contribution in [0.1, 0.15) is 24.8 Å². The van der Waals surface area contributed by atoms with Crippen molar-refractivity contribution in [2.24, 2.45) is 0 Å². The first-order valence-electron chi connectivity index (χ1n) is 10.6. The molecule has 17 heteroatoms. The number of aliphatic hydroxyl groups excluding tert-OH is 1. The van der Waals surface area contributed by atoms with E-state index in [-0.39, 0.29) is 22.8 Å². The highest BCUT2D eigenvalue weighted by Gasteiger charge is 2.36. The molecule has 0 aliphatic carbocycles. The molecule has 204 valence electrons. The van der Waals surface area contributed by atoms with Gasteiger partial charge in [-0.1, -0.05) is 12.1 Å². The van der Waals surface area contributed by atoms with Crippen LogP contribution in [0.15, 0.2) is 36.5 Å². The highest BCUT2D eigenvalue weighted by Crippen LogP contribution is 2.55. The molecule has 5 atom stereocenters. The lowest BCUT2D eigenvalue weighted by Crippen LogP contribution is -2.37. The smallest absolute Gasteiger partial charge is 0.340 e. The van der Waals surface area contributed by atoms with Gasteiger partial charge in [0.1, 0.15) is 29.5 Å². The number of anilines is 1. The van der Waals surface area contributed by atoms with Crippen molar-refractivity contribution >= 4 is 43.6 Å². The van der Waals surface area contributed by atoms with Gasteiger partial charge < -0.3 is 34.4 Å². The van der Waals surface area contributed by atoms with Gasteiger partial charge in [-0.05, 0) is 42.3 Å². The Morgan fingerprint density at radius 3 is 2.41 bits per heavy atom. The van der Waals surface area contributed by atoms with E-state index in [1.165, 1.54) is 24.4 Å². The van der Waals surface area contributed by atoms with Gasteiger partial charge in [-0.3, -0.25) is 13.7 Å². The van der Waals surface area contributed by atoms with Crippen LogP contribution in [-0.2, 0) is 18.4 Å². The molecule has 0 radical (unpaired) electrons. The van der Waals surface area contributed by atoms with Crippen LogP contribution in [-0.4, -0.2) is 66.1 Å². The highest BCUT2D eigenvalue weighted by atomic mass is 35.5. The molecule has 5 N–H and O–H groups in total. The maximum atomic E-state index is 15.4. The number of ether oxygens (including phenoxy) is 1. The lowest BCUT2D eigenvalue weighted by atomic mass is 10.1. The predicted molar refractivity (Wildman–Crippen MR) is 131 cm³/mol. The number of aliphatic hydroxyl groups is 1. The Bertz CT molecular complexity index is 1330. The number of methoxy groups -OCH3 is 1. The Morgan fingerprint density at radius 2 is 1.81 bits per heavy atom. The first kappa shape index (κ1) is 29.6. The van der Waals surface area contributed by atoms with Crippen molar-refractivity contribution < 1.29 is 47.0 Å². The number of fused-ring (bicyclic) bond motifs is 1. The quantitative estimate of drug-likeness (QED) is 0.155. The number of hydrogen-bond donors (Lipinski definition) is 5. The SMILES string of the molecule is CO[C@H](COP(=O)(O)CP(=O)(O)O)[C@@H](O)[C@H](F)n1ccc2c(N[C@@H](C)c3ccc(F)cc3)nc(Cl)nc21.